The molecule has 1 amide bonds. The molecule has 0 aliphatic rings. The predicted octanol–water partition coefficient (Wildman–Crippen LogP) is 3.50. The molecule has 2 aromatic rings. The molecule has 0 fully saturated rings. The number of ether oxygens (including phenoxy) is 1. The second-order valence-corrected chi connectivity index (χ2v) is 6.22. The van der Waals surface area contributed by atoms with Crippen LogP contribution in [-0.4, -0.2) is 24.3 Å². The molecule has 2 aromatic carbocycles. The first kappa shape index (κ1) is 16.4. The highest BCUT2D eigenvalue weighted by molar-refractivity contribution is 7.99. The summed E-state index contributed by atoms with van der Waals surface area (Å²) in [6, 6.07) is 19.8. The van der Waals surface area contributed by atoms with Crippen molar-refractivity contribution in [2.45, 2.75) is 17.9 Å². The third-order valence-electron chi connectivity index (χ3n) is 3.13. The van der Waals surface area contributed by atoms with Gasteiger partial charge in [0.2, 0.25) is 5.91 Å². The van der Waals surface area contributed by atoms with E-state index in [0.29, 0.717) is 13.2 Å². The number of hydrogen-bond acceptors (Lipinski definition) is 3. The van der Waals surface area contributed by atoms with Crippen LogP contribution >= 0.6 is 11.8 Å². The van der Waals surface area contributed by atoms with Gasteiger partial charge in [0.05, 0.1) is 11.8 Å². The van der Waals surface area contributed by atoms with E-state index in [1.165, 1.54) is 5.56 Å². The fraction of sp³-hybridized carbons (Fsp3) is 0.278. The van der Waals surface area contributed by atoms with Gasteiger partial charge in [-0.3, -0.25) is 4.79 Å². The summed E-state index contributed by atoms with van der Waals surface area (Å²) in [5, 5.41) is 2.83. The van der Waals surface area contributed by atoms with Crippen molar-refractivity contribution in [1.82, 2.24) is 5.32 Å². The third-order valence-corrected chi connectivity index (χ3v) is 4.34. The third kappa shape index (κ3) is 5.82. The lowest BCUT2D eigenvalue weighted by Crippen LogP contribution is -2.34. The van der Waals surface area contributed by atoms with Crippen molar-refractivity contribution < 1.29 is 9.53 Å². The SMILES string of the molecule is C[C@@H](SCc1ccccc1)C(=O)NCCOc1ccccc1. The number of nitrogens with one attached hydrogen (secondary N) is 1. The number of carbonyl (C=O) groups excluding carboxylic acids is 1. The molecule has 0 bridgehead atoms. The second-order valence-electron chi connectivity index (χ2n) is 4.89. The number of amides is 1. The highest BCUT2D eigenvalue weighted by Gasteiger charge is 2.12. The van der Waals surface area contributed by atoms with Gasteiger partial charge in [0.25, 0.3) is 0 Å². The van der Waals surface area contributed by atoms with E-state index in [0.717, 1.165) is 11.5 Å². The molecule has 2 rings (SSSR count). The molecular weight excluding hydrogens is 294 g/mol. The Balaban J connectivity index is 1.62. The molecule has 1 N–H and O–H groups in total. The summed E-state index contributed by atoms with van der Waals surface area (Å²) in [5.74, 6) is 1.72. The summed E-state index contributed by atoms with van der Waals surface area (Å²) in [4.78, 5) is 12.0. The Hall–Kier alpha value is -1.94. The summed E-state index contributed by atoms with van der Waals surface area (Å²) in [6.07, 6.45) is 0. The Morgan fingerprint density at radius 3 is 2.41 bits per heavy atom. The van der Waals surface area contributed by atoms with Gasteiger partial charge in [-0.25, -0.2) is 0 Å². The van der Waals surface area contributed by atoms with Crippen molar-refractivity contribution in [2.24, 2.45) is 0 Å². The molecular formula is C18H21NO2S. The van der Waals surface area contributed by atoms with Crippen LogP contribution < -0.4 is 10.1 Å². The Labute approximate surface area is 136 Å². The Morgan fingerprint density at radius 2 is 1.73 bits per heavy atom. The highest BCUT2D eigenvalue weighted by Crippen LogP contribution is 2.17. The molecule has 0 unspecified atom stereocenters. The maximum absolute atomic E-state index is 12.0. The van der Waals surface area contributed by atoms with Crippen LogP contribution in [-0.2, 0) is 10.5 Å². The minimum absolute atomic E-state index is 0.0533. The molecule has 0 aliphatic heterocycles. The Kier molecular flexibility index (Phi) is 6.84. The summed E-state index contributed by atoms with van der Waals surface area (Å²) >= 11 is 1.64. The molecule has 0 saturated carbocycles. The monoisotopic (exact) mass is 315 g/mol. The number of thioether (sulfide) groups is 1. The Morgan fingerprint density at radius 1 is 1.09 bits per heavy atom. The van der Waals surface area contributed by atoms with Gasteiger partial charge >= 0.3 is 0 Å². The van der Waals surface area contributed by atoms with E-state index in [9.17, 15) is 4.79 Å². The fourth-order valence-electron chi connectivity index (χ4n) is 1.87. The van der Waals surface area contributed by atoms with Gasteiger partial charge in [-0.2, -0.15) is 0 Å². The van der Waals surface area contributed by atoms with Gasteiger partial charge in [0.15, 0.2) is 0 Å². The van der Waals surface area contributed by atoms with Crippen molar-refractivity contribution in [2.75, 3.05) is 13.2 Å². The summed E-state index contributed by atoms with van der Waals surface area (Å²) in [5.41, 5.74) is 1.24. The molecule has 3 nitrogen and oxygen atoms in total. The first-order valence-electron chi connectivity index (χ1n) is 7.37. The average molecular weight is 315 g/mol. The van der Waals surface area contributed by atoms with Crippen LogP contribution in [0, 0.1) is 0 Å². The van der Waals surface area contributed by atoms with E-state index >= 15 is 0 Å². The van der Waals surface area contributed by atoms with Crippen molar-refractivity contribution in [1.29, 1.82) is 0 Å². The lowest BCUT2D eigenvalue weighted by Gasteiger charge is -2.12. The first-order chi connectivity index (χ1) is 10.8. The molecule has 0 aliphatic carbocycles. The number of carbonyl (C=O) groups is 1. The zero-order valence-electron chi connectivity index (χ0n) is 12.7. The second kappa shape index (κ2) is 9.15. The maximum atomic E-state index is 12.0. The Bertz CT molecular complexity index is 560. The quantitative estimate of drug-likeness (QED) is 0.758. The van der Waals surface area contributed by atoms with Crippen LogP contribution in [0.15, 0.2) is 60.7 Å². The van der Waals surface area contributed by atoms with E-state index in [1.54, 1.807) is 11.8 Å². The average Bonchev–Trinajstić information content (AvgIpc) is 2.58. The lowest BCUT2D eigenvalue weighted by molar-refractivity contribution is -0.120. The molecule has 0 heterocycles. The summed E-state index contributed by atoms with van der Waals surface area (Å²) in [6.45, 7) is 2.93. The zero-order chi connectivity index (χ0) is 15.6. The van der Waals surface area contributed by atoms with E-state index < -0.39 is 0 Å². The number of hydrogen-bond donors (Lipinski definition) is 1. The first-order valence-corrected chi connectivity index (χ1v) is 8.41. The molecule has 116 valence electrons. The largest absolute Gasteiger partial charge is 0.492 e. The van der Waals surface area contributed by atoms with Crippen LogP contribution in [0.25, 0.3) is 0 Å². The molecule has 22 heavy (non-hydrogen) atoms. The smallest absolute Gasteiger partial charge is 0.232 e. The van der Waals surface area contributed by atoms with Gasteiger partial charge in [-0.05, 0) is 24.6 Å². The molecule has 0 radical (unpaired) electrons. The van der Waals surface area contributed by atoms with Gasteiger partial charge in [0, 0.05) is 5.75 Å². The summed E-state index contributed by atoms with van der Waals surface area (Å²) in [7, 11) is 0. The van der Waals surface area contributed by atoms with Crippen LogP contribution in [0.1, 0.15) is 12.5 Å². The molecule has 0 spiro atoms. The van der Waals surface area contributed by atoms with Gasteiger partial charge in [0.1, 0.15) is 12.4 Å². The fourth-order valence-corrected chi connectivity index (χ4v) is 2.74. The topological polar surface area (TPSA) is 38.3 Å². The minimum atomic E-state index is -0.0723. The van der Waals surface area contributed by atoms with Crippen LogP contribution in [0.3, 0.4) is 0 Å². The van der Waals surface area contributed by atoms with Crippen molar-refractivity contribution in [3.05, 3.63) is 66.2 Å². The number of benzene rings is 2. The zero-order valence-corrected chi connectivity index (χ0v) is 13.5. The molecule has 0 saturated heterocycles. The van der Waals surface area contributed by atoms with Gasteiger partial charge < -0.3 is 10.1 Å². The van der Waals surface area contributed by atoms with Gasteiger partial charge in [-0.15, -0.1) is 11.8 Å². The summed E-state index contributed by atoms with van der Waals surface area (Å²) < 4.78 is 5.54. The standard InChI is InChI=1S/C18H21NO2S/c1-15(22-14-16-8-4-2-5-9-16)18(20)19-12-13-21-17-10-6-3-7-11-17/h2-11,15H,12-14H2,1H3,(H,19,20)/t15-/m1/s1. The maximum Gasteiger partial charge on any atom is 0.232 e. The molecule has 4 heteroatoms. The van der Waals surface area contributed by atoms with Gasteiger partial charge in [-0.1, -0.05) is 48.5 Å². The van der Waals surface area contributed by atoms with Crippen molar-refractivity contribution >= 4 is 17.7 Å². The lowest BCUT2D eigenvalue weighted by atomic mass is 10.2. The van der Waals surface area contributed by atoms with Crippen molar-refractivity contribution in [3.63, 3.8) is 0 Å². The highest BCUT2D eigenvalue weighted by atomic mass is 32.2. The molecule has 1 atom stereocenters. The predicted molar refractivity (Wildman–Crippen MR) is 92.1 cm³/mol. The number of para-hydroxylation sites is 1. The van der Waals surface area contributed by atoms with Crippen LogP contribution in [0.4, 0.5) is 0 Å². The normalized spacial score (nSPS) is 11.7. The number of rotatable bonds is 8. The van der Waals surface area contributed by atoms with Crippen molar-refractivity contribution in [3.8, 4) is 5.75 Å². The van der Waals surface area contributed by atoms with E-state index in [2.05, 4.69) is 17.4 Å². The van der Waals surface area contributed by atoms with E-state index in [-0.39, 0.29) is 11.2 Å². The molecule has 0 aromatic heterocycles. The van der Waals surface area contributed by atoms with E-state index in [4.69, 9.17) is 4.74 Å². The van der Waals surface area contributed by atoms with Crippen LogP contribution in [0.2, 0.25) is 0 Å². The van der Waals surface area contributed by atoms with Crippen LogP contribution in [0.5, 0.6) is 5.75 Å². The van der Waals surface area contributed by atoms with E-state index in [1.807, 2.05) is 55.5 Å². The minimum Gasteiger partial charge on any atom is -0.492 e.